The number of hydrogen-bond acceptors (Lipinski definition) is 4. The third-order valence-electron chi connectivity index (χ3n) is 3.73. The molecular formula is C21H22N2O3. The molecule has 0 aliphatic rings. The highest BCUT2D eigenvalue weighted by atomic mass is 16.6. The van der Waals surface area contributed by atoms with Gasteiger partial charge in [0.05, 0.1) is 5.56 Å². The first kappa shape index (κ1) is 17.7. The van der Waals surface area contributed by atoms with Crippen LogP contribution >= 0.6 is 0 Å². The molecule has 0 saturated carbocycles. The summed E-state index contributed by atoms with van der Waals surface area (Å²) in [6.07, 6.45) is -0.476. The van der Waals surface area contributed by atoms with E-state index in [2.05, 4.69) is 10.5 Å². The number of carbonyl (C=O) groups excluding carboxylic acids is 1. The van der Waals surface area contributed by atoms with Gasteiger partial charge in [-0.3, -0.25) is 5.32 Å². The molecule has 0 fully saturated rings. The van der Waals surface area contributed by atoms with Crippen molar-refractivity contribution in [1.29, 1.82) is 0 Å². The minimum Gasteiger partial charge on any atom is -0.444 e. The topological polar surface area (TPSA) is 64.4 Å². The maximum Gasteiger partial charge on any atom is 0.412 e. The Morgan fingerprint density at radius 1 is 1.00 bits per heavy atom. The van der Waals surface area contributed by atoms with E-state index in [4.69, 9.17) is 9.26 Å². The first-order valence-electron chi connectivity index (χ1n) is 8.45. The molecule has 0 radical (unpaired) electrons. The molecule has 3 aromatic rings. The molecule has 5 heteroatoms. The molecule has 0 atom stereocenters. The predicted molar refractivity (Wildman–Crippen MR) is 102 cm³/mol. The van der Waals surface area contributed by atoms with E-state index in [0.717, 1.165) is 28.1 Å². The molecule has 5 nitrogen and oxygen atoms in total. The van der Waals surface area contributed by atoms with Gasteiger partial charge in [0.25, 0.3) is 0 Å². The molecule has 0 unspecified atom stereocenters. The van der Waals surface area contributed by atoms with Crippen molar-refractivity contribution in [3.63, 3.8) is 0 Å². The lowest BCUT2D eigenvalue weighted by Gasteiger charge is -2.19. The molecule has 3 rings (SSSR count). The van der Waals surface area contributed by atoms with Gasteiger partial charge in [-0.25, -0.2) is 4.79 Å². The number of carbonyl (C=O) groups is 1. The van der Waals surface area contributed by atoms with E-state index in [1.807, 2.05) is 82.3 Å². The zero-order valence-corrected chi connectivity index (χ0v) is 15.4. The van der Waals surface area contributed by atoms with Crippen molar-refractivity contribution in [3.05, 3.63) is 60.4 Å². The van der Waals surface area contributed by atoms with Crippen LogP contribution in [0.25, 0.3) is 22.4 Å². The molecule has 0 aliphatic heterocycles. The number of aromatic nitrogens is 1. The standard InChI is InChI=1S/C21H22N2O3/c1-14-18(19(23-26-14)16-8-6-5-7-9-16)15-10-12-17(13-11-15)22-20(24)25-21(2,3)4/h5-13H,1-4H3,(H,22,24). The minimum atomic E-state index is -0.534. The second-order valence-electron chi connectivity index (χ2n) is 7.03. The van der Waals surface area contributed by atoms with Crippen molar-refractivity contribution in [2.45, 2.75) is 33.3 Å². The Labute approximate surface area is 153 Å². The van der Waals surface area contributed by atoms with E-state index in [9.17, 15) is 4.79 Å². The van der Waals surface area contributed by atoms with Crippen LogP contribution in [0, 0.1) is 6.92 Å². The van der Waals surface area contributed by atoms with E-state index in [1.165, 1.54) is 0 Å². The van der Waals surface area contributed by atoms with Crippen LogP contribution in [0.15, 0.2) is 59.1 Å². The van der Waals surface area contributed by atoms with E-state index >= 15 is 0 Å². The summed E-state index contributed by atoms with van der Waals surface area (Å²) in [4.78, 5) is 11.9. The lowest BCUT2D eigenvalue weighted by atomic mass is 9.99. The largest absolute Gasteiger partial charge is 0.444 e. The van der Waals surface area contributed by atoms with Crippen LogP contribution in [-0.4, -0.2) is 16.9 Å². The third-order valence-corrected chi connectivity index (χ3v) is 3.73. The maximum atomic E-state index is 11.9. The number of anilines is 1. The fourth-order valence-electron chi connectivity index (χ4n) is 2.65. The molecule has 0 aliphatic carbocycles. The Kier molecular flexibility index (Phi) is 4.80. The lowest BCUT2D eigenvalue weighted by Crippen LogP contribution is -2.27. The lowest BCUT2D eigenvalue weighted by molar-refractivity contribution is 0.0636. The highest BCUT2D eigenvalue weighted by Crippen LogP contribution is 2.34. The van der Waals surface area contributed by atoms with Gasteiger partial charge < -0.3 is 9.26 Å². The molecule has 0 saturated heterocycles. The molecule has 0 spiro atoms. The molecule has 1 aromatic heterocycles. The molecule has 1 heterocycles. The zero-order chi connectivity index (χ0) is 18.7. The number of ether oxygens (including phenoxy) is 1. The van der Waals surface area contributed by atoms with E-state index in [0.29, 0.717) is 5.69 Å². The quantitative estimate of drug-likeness (QED) is 0.661. The summed E-state index contributed by atoms with van der Waals surface area (Å²) < 4.78 is 10.7. The molecule has 26 heavy (non-hydrogen) atoms. The molecule has 134 valence electrons. The van der Waals surface area contributed by atoms with Crippen LogP contribution < -0.4 is 5.32 Å². The number of aryl methyl sites for hydroxylation is 1. The van der Waals surface area contributed by atoms with Crippen molar-refractivity contribution >= 4 is 11.8 Å². The summed E-state index contributed by atoms with van der Waals surface area (Å²) in [5, 5.41) is 6.94. The SMILES string of the molecule is Cc1onc(-c2ccccc2)c1-c1ccc(NC(=O)OC(C)(C)C)cc1. The first-order chi connectivity index (χ1) is 12.3. The first-order valence-corrected chi connectivity index (χ1v) is 8.45. The highest BCUT2D eigenvalue weighted by molar-refractivity contribution is 5.87. The predicted octanol–water partition coefficient (Wildman–Crippen LogP) is 5.66. The highest BCUT2D eigenvalue weighted by Gasteiger charge is 2.18. The fourth-order valence-corrected chi connectivity index (χ4v) is 2.65. The van der Waals surface area contributed by atoms with Crippen LogP contribution in [0.1, 0.15) is 26.5 Å². The summed E-state index contributed by atoms with van der Waals surface area (Å²) in [6.45, 7) is 7.38. The maximum absolute atomic E-state index is 11.9. The second-order valence-corrected chi connectivity index (χ2v) is 7.03. The van der Waals surface area contributed by atoms with Gasteiger partial charge in [0.2, 0.25) is 0 Å². The molecule has 1 amide bonds. The summed E-state index contributed by atoms with van der Waals surface area (Å²) in [5.41, 5.74) is 3.84. The third kappa shape index (κ3) is 4.11. The van der Waals surface area contributed by atoms with Gasteiger partial charge in [-0.1, -0.05) is 47.6 Å². The zero-order valence-electron chi connectivity index (χ0n) is 15.4. The second kappa shape index (κ2) is 7.04. The number of benzene rings is 2. The van der Waals surface area contributed by atoms with Gasteiger partial charge in [-0.2, -0.15) is 0 Å². The normalized spacial score (nSPS) is 11.2. The molecule has 1 N–H and O–H groups in total. The fraction of sp³-hybridized carbons (Fsp3) is 0.238. The number of hydrogen-bond donors (Lipinski definition) is 1. The average molecular weight is 350 g/mol. The number of rotatable bonds is 3. The van der Waals surface area contributed by atoms with Gasteiger partial charge in [-0.15, -0.1) is 0 Å². The van der Waals surface area contributed by atoms with Crippen LogP contribution in [0.3, 0.4) is 0 Å². The molecular weight excluding hydrogens is 328 g/mol. The summed E-state index contributed by atoms with van der Waals surface area (Å²) >= 11 is 0. The average Bonchev–Trinajstić information content (AvgIpc) is 2.96. The number of nitrogens with zero attached hydrogens (tertiary/aromatic N) is 1. The van der Waals surface area contributed by atoms with Gasteiger partial charge in [-0.05, 0) is 45.4 Å². The van der Waals surface area contributed by atoms with Crippen molar-refractivity contribution in [2.75, 3.05) is 5.32 Å². The van der Waals surface area contributed by atoms with E-state index < -0.39 is 11.7 Å². The number of amides is 1. The van der Waals surface area contributed by atoms with Crippen LogP contribution in [0.5, 0.6) is 0 Å². The van der Waals surface area contributed by atoms with Crippen LogP contribution in [0.2, 0.25) is 0 Å². The number of nitrogens with one attached hydrogen (secondary N) is 1. The summed E-state index contributed by atoms with van der Waals surface area (Å²) in [6, 6.07) is 17.4. The van der Waals surface area contributed by atoms with Gasteiger partial charge in [0.1, 0.15) is 17.1 Å². The van der Waals surface area contributed by atoms with Crippen molar-refractivity contribution < 1.29 is 14.1 Å². The van der Waals surface area contributed by atoms with E-state index in [-0.39, 0.29) is 0 Å². The van der Waals surface area contributed by atoms with Gasteiger partial charge >= 0.3 is 6.09 Å². The Hall–Kier alpha value is -3.08. The van der Waals surface area contributed by atoms with Crippen molar-refractivity contribution in [3.8, 4) is 22.4 Å². The Morgan fingerprint density at radius 3 is 2.27 bits per heavy atom. The summed E-state index contributed by atoms with van der Waals surface area (Å²) in [7, 11) is 0. The van der Waals surface area contributed by atoms with E-state index in [1.54, 1.807) is 0 Å². The Bertz CT molecular complexity index is 891. The summed E-state index contributed by atoms with van der Waals surface area (Å²) in [5.74, 6) is 0.747. The van der Waals surface area contributed by atoms with Crippen molar-refractivity contribution in [2.24, 2.45) is 0 Å². The van der Waals surface area contributed by atoms with Gasteiger partial charge in [0.15, 0.2) is 0 Å². The molecule has 2 aromatic carbocycles. The van der Waals surface area contributed by atoms with Crippen LogP contribution in [0.4, 0.5) is 10.5 Å². The monoisotopic (exact) mass is 350 g/mol. The van der Waals surface area contributed by atoms with Gasteiger partial charge in [0, 0.05) is 11.3 Å². The molecule has 0 bridgehead atoms. The van der Waals surface area contributed by atoms with Crippen molar-refractivity contribution in [1.82, 2.24) is 5.16 Å². The van der Waals surface area contributed by atoms with Crippen LogP contribution in [-0.2, 0) is 4.74 Å². The smallest absolute Gasteiger partial charge is 0.412 e. The minimum absolute atomic E-state index is 0.476. The Balaban J connectivity index is 1.84. The Morgan fingerprint density at radius 2 is 1.65 bits per heavy atom.